The maximum atomic E-state index is 3.53. The largest absolute Gasteiger partial charge is 0.386 e. The second-order valence-corrected chi connectivity index (χ2v) is 5.47. The van der Waals surface area contributed by atoms with E-state index in [2.05, 4.69) is 46.0 Å². The van der Waals surface area contributed by atoms with E-state index in [1.165, 1.54) is 18.5 Å². The summed E-state index contributed by atoms with van der Waals surface area (Å²) in [6, 6.07) is 0.562. The van der Waals surface area contributed by atoms with Crippen molar-refractivity contribution in [1.82, 2.24) is 5.32 Å². The van der Waals surface area contributed by atoms with Gasteiger partial charge >= 0.3 is 0 Å². The highest BCUT2D eigenvalue weighted by atomic mass is 14.9. The summed E-state index contributed by atoms with van der Waals surface area (Å²) in [6.07, 6.45) is 4.95. The van der Waals surface area contributed by atoms with Gasteiger partial charge in [0.1, 0.15) is 0 Å². The molecule has 1 unspecified atom stereocenters. The van der Waals surface area contributed by atoms with Crippen LogP contribution in [0.25, 0.3) is 0 Å². The lowest BCUT2D eigenvalue weighted by Crippen LogP contribution is -2.29. The van der Waals surface area contributed by atoms with Crippen molar-refractivity contribution in [1.29, 1.82) is 0 Å². The summed E-state index contributed by atoms with van der Waals surface area (Å²) >= 11 is 0. The van der Waals surface area contributed by atoms with Crippen molar-refractivity contribution < 1.29 is 0 Å². The van der Waals surface area contributed by atoms with Gasteiger partial charge < -0.3 is 5.32 Å². The molecule has 0 aromatic heterocycles. The summed E-state index contributed by atoms with van der Waals surface area (Å²) in [7, 11) is 0. The fraction of sp³-hybridized carbons (Fsp3) is 0.833. The van der Waals surface area contributed by atoms with Crippen molar-refractivity contribution in [2.75, 3.05) is 0 Å². The fourth-order valence-corrected chi connectivity index (χ4v) is 2.41. The standard InChI is InChI=1S/C12H23N/c1-9(2)13-11-6-10(3)7-12(4,5)8-11/h8-10,13H,6-7H2,1-5H3. The molecule has 0 fully saturated rings. The van der Waals surface area contributed by atoms with Crippen LogP contribution in [0.15, 0.2) is 11.8 Å². The molecule has 1 aliphatic rings. The first-order chi connectivity index (χ1) is 5.89. The Morgan fingerprint density at radius 1 is 1.46 bits per heavy atom. The van der Waals surface area contributed by atoms with Gasteiger partial charge in [-0.2, -0.15) is 0 Å². The first-order valence-corrected chi connectivity index (χ1v) is 5.37. The minimum atomic E-state index is 0.384. The Bertz CT molecular complexity index is 201. The highest BCUT2D eigenvalue weighted by Crippen LogP contribution is 2.35. The molecule has 0 spiro atoms. The first-order valence-electron chi connectivity index (χ1n) is 5.37. The third kappa shape index (κ3) is 3.41. The summed E-state index contributed by atoms with van der Waals surface area (Å²) < 4.78 is 0. The maximum absolute atomic E-state index is 3.53. The van der Waals surface area contributed by atoms with E-state index in [4.69, 9.17) is 0 Å². The van der Waals surface area contributed by atoms with E-state index in [0.29, 0.717) is 11.5 Å². The molecule has 0 radical (unpaired) electrons. The average Bonchev–Trinajstić information content (AvgIpc) is 1.78. The Hall–Kier alpha value is -0.460. The molecule has 0 bridgehead atoms. The molecule has 0 aliphatic heterocycles. The molecule has 13 heavy (non-hydrogen) atoms. The van der Waals surface area contributed by atoms with Gasteiger partial charge in [0.25, 0.3) is 0 Å². The van der Waals surface area contributed by atoms with Gasteiger partial charge in [0.05, 0.1) is 0 Å². The molecule has 0 aromatic rings. The van der Waals surface area contributed by atoms with E-state index in [1.807, 2.05) is 0 Å². The third-order valence-electron chi connectivity index (χ3n) is 2.48. The normalized spacial score (nSPS) is 27.2. The van der Waals surface area contributed by atoms with Crippen molar-refractivity contribution in [3.8, 4) is 0 Å². The Labute approximate surface area is 82.6 Å². The average molecular weight is 181 g/mol. The van der Waals surface area contributed by atoms with Crippen LogP contribution >= 0.6 is 0 Å². The Morgan fingerprint density at radius 2 is 2.08 bits per heavy atom. The molecule has 1 atom stereocenters. The van der Waals surface area contributed by atoms with Crippen LogP contribution in [0.5, 0.6) is 0 Å². The van der Waals surface area contributed by atoms with E-state index < -0.39 is 0 Å². The molecule has 1 heteroatoms. The topological polar surface area (TPSA) is 12.0 Å². The van der Waals surface area contributed by atoms with Crippen molar-refractivity contribution in [3.63, 3.8) is 0 Å². The fourth-order valence-electron chi connectivity index (χ4n) is 2.41. The quantitative estimate of drug-likeness (QED) is 0.689. The SMILES string of the molecule is CC1CC(NC(C)C)=CC(C)(C)C1. The van der Waals surface area contributed by atoms with E-state index in [1.54, 1.807) is 0 Å². The molecule has 0 heterocycles. The number of hydrogen-bond donors (Lipinski definition) is 1. The molecular weight excluding hydrogens is 158 g/mol. The second-order valence-electron chi connectivity index (χ2n) is 5.47. The molecule has 0 aromatic carbocycles. The first kappa shape index (κ1) is 10.6. The van der Waals surface area contributed by atoms with Crippen LogP contribution in [-0.4, -0.2) is 6.04 Å². The van der Waals surface area contributed by atoms with Crippen molar-refractivity contribution in [2.45, 2.75) is 53.5 Å². The maximum Gasteiger partial charge on any atom is 0.0201 e. The molecule has 1 aliphatic carbocycles. The van der Waals surface area contributed by atoms with Gasteiger partial charge in [-0.05, 0) is 38.0 Å². The number of rotatable bonds is 2. The van der Waals surface area contributed by atoms with Gasteiger partial charge in [0.15, 0.2) is 0 Å². The Balaban J connectivity index is 2.67. The zero-order valence-corrected chi connectivity index (χ0v) is 9.65. The van der Waals surface area contributed by atoms with Crippen LogP contribution in [-0.2, 0) is 0 Å². The minimum absolute atomic E-state index is 0.384. The lowest BCUT2D eigenvalue weighted by molar-refractivity contribution is 0.312. The predicted molar refractivity (Wildman–Crippen MR) is 58.5 cm³/mol. The monoisotopic (exact) mass is 181 g/mol. The lowest BCUT2D eigenvalue weighted by Gasteiger charge is -2.33. The van der Waals surface area contributed by atoms with Crippen LogP contribution in [0.2, 0.25) is 0 Å². The highest BCUT2D eigenvalue weighted by Gasteiger charge is 2.25. The minimum Gasteiger partial charge on any atom is -0.386 e. The van der Waals surface area contributed by atoms with E-state index >= 15 is 0 Å². The Kier molecular flexibility index (Phi) is 3.05. The van der Waals surface area contributed by atoms with Crippen molar-refractivity contribution in [2.24, 2.45) is 11.3 Å². The number of allylic oxidation sites excluding steroid dienone is 2. The summed E-state index contributed by atoms with van der Waals surface area (Å²) in [4.78, 5) is 0. The van der Waals surface area contributed by atoms with Gasteiger partial charge in [-0.3, -0.25) is 0 Å². The van der Waals surface area contributed by atoms with Crippen LogP contribution in [0.1, 0.15) is 47.5 Å². The van der Waals surface area contributed by atoms with Gasteiger partial charge in [-0.1, -0.05) is 26.8 Å². The van der Waals surface area contributed by atoms with Gasteiger partial charge in [-0.25, -0.2) is 0 Å². The van der Waals surface area contributed by atoms with Gasteiger partial charge in [-0.15, -0.1) is 0 Å². The van der Waals surface area contributed by atoms with Crippen molar-refractivity contribution in [3.05, 3.63) is 11.8 Å². The van der Waals surface area contributed by atoms with Crippen molar-refractivity contribution >= 4 is 0 Å². The zero-order valence-electron chi connectivity index (χ0n) is 9.65. The zero-order chi connectivity index (χ0) is 10.1. The molecular formula is C12H23N. The summed E-state index contributed by atoms with van der Waals surface area (Å²) in [5, 5.41) is 3.53. The van der Waals surface area contributed by atoms with Crippen LogP contribution in [0, 0.1) is 11.3 Å². The summed E-state index contributed by atoms with van der Waals surface area (Å²) in [6.45, 7) is 11.4. The van der Waals surface area contributed by atoms with Gasteiger partial charge in [0.2, 0.25) is 0 Å². The molecule has 0 amide bonds. The smallest absolute Gasteiger partial charge is 0.0201 e. The van der Waals surface area contributed by atoms with Crippen LogP contribution in [0.4, 0.5) is 0 Å². The van der Waals surface area contributed by atoms with Gasteiger partial charge in [0, 0.05) is 11.7 Å². The van der Waals surface area contributed by atoms with E-state index in [0.717, 1.165) is 5.92 Å². The second kappa shape index (κ2) is 3.73. The summed E-state index contributed by atoms with van der Waals surface area (Å²) in [5.74, 6) is 0.821. The molecule has 0 saturated heterocycles. The lowest BCUT2D eigenvalue weighted by atomic mass is 9.76. The van der Waals surface area contributed by atoms with E-state index in [-0.39, 0.29) is 0 Å². The highest BCUT2D eigenvalue weighted by molar-refractivity contribution is 5.11. The molecule has 76 valence electrons. The number of hydrogen-bond acceptors (Lipinski definition) is 1. The third-order valence-corrected chi connectivity index (χ3v) is 2.48. The number of nitrogens with one attached hydrogen (secondary N) is 1. The van der Waals surface area contributed by atoms with E-state index in [9.17, 15) is 0 Å². The van der Waals surface area contributed by atoms with Crippen LogP contribution in [0.3, 0.4) is 0 Å². The summed E-state index contributed by atoms with van der Waals surface area (Å²) in [5.41, 5.74) is 1.83. The molecule has 1 nitrogen and oxygen atoms in total. The molecule has 1 rings (SSSR count). The van der Waals surface area contributed by atoms with Crippen LogP contribution < -0.4 is 5.32 Å². The Morgan fingerprint density at radius 3 is 2.54 bits per heavy atom. The predicted octanol–water partition coefficient (Wildman–Crippen LogP) is 3.32. The molecule has 1 N–H and O–H groups in total. The molecule has 0 saturated carbocycles.